The van der Waals surface area contributed by atoms with E-state index in [1.54, 1.807) is 36.4 Å². The smallest absolute Gasteiger partial charge is 0.256 e. The fourth-order valence-corrected chi connectivity index (χ4v) is 2.89. The summed E-state index contributed by atoms with van der Waals surface area (Å²) in [6.45, 7) is 0. The van der Waals surface area contributed by atoms with Crippen molar-refractivity contribution in [2.45, 2.75) is 0 Å². The van der Waals surface area contributed by atoms with Gasteiger partial charge in [0.1, 0.15) is 0 Å². The van der Waals surface area contributed by atoms with E-state index in [-0.39, 0.29) is 5.91 Å². The van der Waals surface area contributed by atoms with Crippen LogP contribution in [-0.4, -0.2) is 5.91 Å². The van der Waals surface area contributed by atoms with Crippen molar-refractivity contribution in [3.8, 4) is 0 Å². The lowest BCUT2D eigenvalue weighted by Gasteiger charge is -2.08. The first-order valence-electron chi connectivity index (χ1n) is 5.18. The maximum absolute atomic E-state index is 12.1. The van der Waals surface area contributed by atoms with Crippen LogP contribution in [0, 0.1) is 0 Å². The summed E-state index contributed by atoms with van der Waals surface area (Å²) >= 11 is 20.9. The molecule has 0 aliphatic rings. The summed E-state index contributed by atoms with van der Waals surface area (Å²) in [4.78, 5) is 12.1. The van der Waals surface area contributed by atoms with Crippen LogP contribution in [-0.2, 0) is 0 Å². The third-order valence-corrected chi connectivity index (χ3v) is 3.62. The molecule has 0 saturated heterocycles. The Bertz CT molecular complexity index is 626. The average molecular weight is 379 g/mol. The first kappa shape index (κ1) is 14.7. The second-order valence-electron chi connectivity index (χ2n) is 3.74. The highest BCUT2D eigenvalue weighted by Crippen LogP contribution is 2.25. The standard InChI is InChI=1S/C13H7BrCl3NO/c14-12-6-7(15)1-2-11(12)13(19)18-10-4-8(16)3-9(17)5-10/h1-6H,(H,18,19). The van der Waals surface area contributed by atoms with Gasteiger partial charge in [0.15, 0.2) is 0 Å². The Morgan fingerprint density at radius 1 is 0.947 bits per heavy atom. The molecule has 2 aromatic rings. The molecule has 2 nitrogen and oxygen atoms in total. The van der Waals surface area contributed by atoms with Crippen molar-refractivity contribution in [3.05, 3.63) is 61.5 Å². The fraction of sp³-hybridized carbons (Fsp3) is 0. The molecule has 0 unspecified atom stereocenters. The number of benzene rings is 2. The maximum atomic E-state index is 12.1. The number of hydrogen-bond acceptors (Lipinski definition) is 1. The largest absolute Gasteiger partial charge is 0.322 e. The SMILES string of the molecule is O=C(Nc1cc(Cl)cc(Cl)c1)c1ccc(Cl)cc1Br. The molecular weight excluding hydrogens is 372 g/mol. The van der Waals surface area contributed by atoms with Gasteiger partial charge in [-0.15, -0.1) is 0 Å². The van der Waals surface area contributed by atoms with Gasteiger partial charge >= 0.3 is 0 Å². The number of amides is 1. The number of nitrogens with one attached hydrogen (secondary N) is 1. The molecule has 0 fully saturated rings. The molecule has 0 aliphatic heterocycles. The Labute approximate surface area is 133 Å². The first-order chi connectivity index (χ1) is 8.95. The Kier molecular flexibility index (Phi) is 4.74. The number of carbonyl (C=O) groups excluding carboxylic acids is 1. The highest BCUT2D eigenvalue weighted by Gasteiger charge is 2.11. The number of hydrogen-bond donors (Lipinski definition) is 1. The van der Waals surface area contributed by atoms with Gasteiger partial charge in [0.05, 0.1) is 5.56 Å². The van der Waals surface area contributed by atoms with Gasteiger partial charge in [-0.25, -0.2) is 0 Å². The quantitative estimate of drug-likeness (QED) is 0.716. The third kappa shape index (κ3) is 3.86. The zero-order chi connectivity index (χ0) is 14.0. The number of carbonyl (C=O) groups is 1. The van der Waals surface area contributed by atoms with Crippen LogP contribution < -0.4 is 5.32 Å². The second kappa shape index (κ2) is 6.14. The highest BCUT2D eigenvalue weighted by molar-refractivity contribution is 9.10. The van der Waals surface area contributed by atoms with Crippen molar-refractivity contribution in [2.75, 3.05) is 5.32 Å². The molecule has 0 aliphatic carbocycles. The van der Waals surface area contributed by atoms with Crippen molar-refractivity contribution in [3.63, 3.8) is 0 Å². The molecule has 0 bridgehead atoms. The van der Waals surface area contributed by atoms with E-state index in [9.17, 15) is 4.79 Å². The Hall–Kier alpha value is -0.740. The topological polar surface area (TPSA) is 29.1 Å². The molecule has 6 heteroatoms. The summed E-state index contributed by atoms with van der Waals surface area (Å²) in [5, 5.41) is 4.18. The normalized spacial score (nSPS) is 10.3. The van der Waals surface area contributed by atoms with Crippen LogP contribution in [0.1, 0.15) is 10.4 Å². The van der Waals surface area contributed by atoms with E-state index in [4.69, 9.17) is 34.8 Å². The molecule has 2 rings (SSSR count). The molecule has 98 valence electrons. The van der Waals surface area contributed by atoms with E-state index in [0.717, 1.165) is 0 Å². The number of rotatable bonds is 2. The van der Waals surface area contributed by atoms with Crippen molar-refractivity contribution in [1.82, 2.24) is 0 Å². The van der Waals surface area contributed by atoms with Gasteiger partial charge in [0.25, 0.3) is 5.91 Å². The van der Waals surface area contributed by atoms with Crippen molar-refractivity contribution < 1.29 is 4.79 Å². The zero-order valence-electron chi connectivity index (χ0n) is 9.38. The van der Waals surface area contributed by atoms with Gasteiger partial charge in [-0.05, 0) is 52.3 Å². The number of halogens is 4. The van der Waals surface area contributed by atoms with Crippen LogP contribution in [0.25, 0.3) is 0 Å². The summed E-state index contributed by atoms with van der Waals surface area (Å²) in [6, 6.07) is 9.77. The van der Waals surface area contributed by atoms with Crippen LogP contribution >= 0.6 is 50.7 Å². The average Bonchev–Trinajstić information content (AvgIpc) is 2.26. The molecule has 0 saturated carbocycles. The van der Waals surface area contributed by atoms with E-state index >= 15 is 0 Å². The van der Waals surface area contributed by atoms with Crippen LogP contribution in [0.3, 0.4) is 0 Å². The summed E-state index contributed by atoms with van der Waals surface area (Å²) in [5.41, 5.74) is 1.00. The molecule has 0 radical (unpaired) electrons. The lowest BCUT2D eigenvalue weighted by Crippen LogP contribution is -2.12. The van der Waals surface area contributed by atoms with Crippen molar-refractivity contribution >= 4 is 62.3 Å². The predicted octanol–water partition coefficient (Wildman–Crippen LogP) is 5.66. The molecule has 2 aromatic carbocycles. The monoisotopic (exact) mass is 377 g/mol. The van der Waals surface area contributed by atoms with Crippen molar-refractivity contribution in [2.24, 2.45) is 0 Å². The van der Waals surface area contributed by atoms with E-state index in [1.807, 2.05) is 0 Å². The van der Waals surface area contributed by atoms with Gasteiger partial charge in [-0.1, -0.05) is 34.8 Å². The Balaban J connectivity index is 2.25. The first-order valence-corrected chi connectivity index (χ1v) is 7.11. The van der Waals surface area contributed by atoms with Gasteiger partial charge in [0, 0.05) is 25.2 Å². The summed E-state index contributed by atoms with van der Waals surface area (Å²) in [5.74, 6) is -0.276. The predicted molar refractivity (Wildman–Crippen MR) is 83.6 cm³/mol. The molecular formula is C13H7BrCl3NO. The Morgan fingerprint density at radius 3 is 2.16 bits per heavy atom. The summed E-state index contributed by atoms with van der Waals surface area (Å²) in [6.07, 6.45) is 0. The number of anilines is 1. The minimum atomic E-state index is -0.276. The highest BCUT2D eigenvalue weighted by atomic mass is 79.9. The summed E-state index contributed by atoms with van der Waals surface area (Å²) in [7, 11) is 0. The van der Waals surface area contributed by atoms with Gasteiger partial charge in [-0.2, -0.15) is 0 Å². The molecule has 1 N–H and O–H groups in total. The Morgan fingerprint density at radius 2 is 1.58 bits per heavy atom. The minimum Gasteiger partial charge on any atom is -0.322 e. The van der Waals surface area contributed by atoms with E-state index in [1.165, 1.54) is 0 Å². The molecule has 0 spiro atoms. The van der Waals surface area contributed by atoms with Crippen LogP contribution in [0.4, 0.5) is 5.69 Å². The van der Waals surface area contributed by atoms with Gasteiger partial charge in [0.2, 0.25) is 0 Å². The third-order valence-electron chi connectivity index (χ3n) is 2.30. The van der Waals surface area contributed by atoms with Crippen LogP contribution in [0.2, 0.25) is 15.1 Å². The minimum absolute atomic E-state index is 0.276. The molecule has 19 heavy (non-hydrogen) atoms. The van der Waals surface area contributed by atoms with E-state index < -0.39 is 0 Å². The molecule has 0 aromatic heterocycles. The lowest BCUT2D eigenvalue weighted by atomic mass is 10.2. The summed E-state index contributed by atoms with van der Waals surface area (Å²) < 4.78 is 0.616. The van der Waals surface area contributed by atoms with E-state index in [0.29, 0.717) is 30.8 Å². The van der Waals surface area contributed by atoms with Crippen LogP contribution in [0.15, 0.2) is 40.9 Å². The molecule has 0 heterocycles. The zero-order valence-corrected chi connectivity index (χ0v) is 13.2. The molecule has 0 atom stereocenters. The lowest BCUT2D eigenvalue weighted by molar-refractivity contribution is 0.102. The molecule has 1 amide bonds. The van der Waals surface area contributed by atoms with Crippen LogP contribution in [0.5, 0.6) is 0 Å². The van der Waals surface area contributed by atoms with Crippen molar-refractivity contribution in [1.29, 1.82) is 0 Å². The second-order valence-corrected chi connectivity index (χ2v) is 5.90. The fourth-order valence-electron chi connectivity index (χ4n) is 1.50. The van der Waals surface area contributed by atoms with Gasteiger partial charge < -0.3 is 5.32 Å². The van der Waals surface area contributed by atoms with Gasteiger partial charge in [-0.3, -0.25) is 4.79 Å². The maximum Gasteiger partial charge on any atom is 0.256 e. The van der Waals surface area contributed by atoms with E-state index in [2.05, 4.69) is 21.2 Å².